The van der Waals surface area contributed by atoms with Gasteiger partial charge in [0.2, 0.25) is 5.91 Å². The predicted molar refractivity (Wildman–Crippen MR) is 128 cm³/mol. The molecule has 1 saturated carbocycles. The van der Waals surface area contributed by atoms with Gasteiger partial charge in [-0.25, -0.2) is 19.3 Å². The molecule has 2 aromatic heterocycles. The number of aromatic nitrogens is 4. The van der Waals surface area contributed by atoms with Gasteiger partial charge in [-0.05, 0) is 31.4 Å². The van der Waals surface area contributed by atoms with Gasteiger partial charge in [0.1, 0.15) is 23.2 Å². The Morgan fingerprint density at radius 3 is 2.70 bits per heavy atom. The number of alkyl halides is 3. The molecule has 1 saturated heterocycles. The molecule has 1 aliphatic heterocycles. The zero-order valence-electron chi connectivity index (χ0n) is 19.9. The number of nitrogens with zero attached hydrogens (tertiary/aromatic N) is 5. The second kappa shape index (κ2) is 9.41. The van der Waals surface area contributed by atoms with E-state index in [-0.39, 0.29) is 43.0 Å². The highest BCUT2D eigenvalue weighted by Crippen LogP contribution is 2.33. The quantitative estimate of drug-likeness (QED) is 0.327. The Bertz CT molecular complexity index is 1320. The van der Waals surface area contributed by atoms with E-state index < -0.39 is 24.1 Å². The Labute approximate surface area is 209 Å². The van der Waals surface area contributed by atoms with E-state index in [0.717, 1.165) is 12.8 Å². The van der Waals surface area contributed by atoms with Crippen LogP contribution in [0.1, 0.15) is 30.4 Å². The lowest BCUT2D eigenvalue weighted by atomic mass is 9.99. The molecule has 1 aromatic carbocycles. The summed E-state index contributed by atoms with van der Waals surface area (Å²) in [5.41, 5.74) is 13.0. The number of anilines is 2. The number of carbonyl (C=O) groups excluding carboxylic acids is 1. The molecule has 2 fully saturated rings. The zero-order valence-corrected chi connectivity index (χ0v) is 19.9. The first kappa shape index (κ1) is 25.1. The molecule has 198 valence electrons. The van der Waals surface area contributed by atoms with Crippen LogP contribution in [0.2, 0.25) is 0 Å². The number of fused-ring (bicyclic) bond motifs is 1. The molecular formula is C23H27F4N9O. The maximum absolute atomic E-state index is 15.1. The summed E-state index contributed by atoms with van der Waals surface area (Å²) in [7, 11) is 0. The van der Waals surface area contributed by atoms with Gasteiger partial charge in [-0.15, -0.1) is 0 Å². The molecule has 3 heterocycles. The van der Waals surface area contributed by atoms with Gasteiger partial charge in [-0.3, -0.25) is 4.79 Å². The van der Waals surface area contributed by atoms with Crippen LogP contribution in [0, 0.1) is 5.82 Å². The van der Waals surface area contributed by atoms with Crippen molar-refractivity contribution >= 4 is 28.6 Å². The Balaban J connectivity index is 1.50. The summed E-state index contributed by atoms with van der Waals surface area (Å²) in [5, 5.41) is 5.23. The van der Waals surface area contributed by atoms with Gasteiger partial charge < -0.3 is 31.6 Å². The smallest absolute Gasteiger partial charge is 0.382 e. The Morgan fingerprint density at radius 1 is 1.19 bits per heavy atom. The van der Waals surface area contributed by atoms with E-state index in [4.69, 9.17) is 11.5 Å². The Kier molecular flexibility index (Phi) is 6.40. The summed E-state index contributed by atoms with van der Waals surface area (Å²) < 4.78 is 55.1. The zero-order chi connectivity index (χ0) is 26.4. The van der Waals surface area contributed by atoms with Crippen LogP contribution in [-0.4, -0.2) is 62.8 Å². The molecule has 0 unspecified atom stereocenters. The SMILES string of the molecule is Nc1ncnc2c1ncn2Cc1c(N2CC[C@](N)(C(=O)NC3CC3)C2)ccc(F)c1CNCC(F)(F)F. The van der Waals surface area contributed by atoms with Crippen molar-refractivity contribution in [3.05, 3.63) is 41.7 Å². The van der Waals surface area contributed by atoms with Crippen LogP contribution in [0.5, 0.6) is 0 Å². The van der Waals surface area contributed by atoms with Crippen LogP contribution in [0.4, 0.5) is 29.1 Å². The van der Waals surface area contributed by atoms with Crippen LogP contribution in [-0.2, 0) is 17.9 Å². The summed E-state index contributed by atoms with van der Waals surface area (Å²) in [5.74, 6) is -0.720. The number of imidazole rings is 1. The Morgan fingerprint density at radius 2 is 1.97 bits per heavy atom. The summed E-state index contributed by atoms with van der Waals surface area (Å²) in [6, 6.07) is 2.93. The average molecular weight is 522 g/mol. The number of nitrogens with two attached hydrogens (primary N) is 2. The fourth-order valence-electron chi connectivity index (χ4n) is 4.61. The molecule has 1 atom stereocenters. The van der Waals surface area contributed by atoms with Crippen molar-refractivity contribution in [2.75, 3.05) is 30.3 Å². The lowest BCUT2D eigenvalue weighted by Gasteiger charge is -2.27. The molecule has 1 amide bonds. The van der Waals surface area contributed by atoms with Crippen molar-refractivity contribution in [2.24, 2.45) is 5.73 Å². The molecule has 0 spiro atoms. The van der Waals surface area contributed by atoms with E-state index >= 15 is 4.39 Å². The molecule has 0 bridgehead atoms. The van der Waals surface area contributed by atoms with Gasteiger partial charge >= 0.3 is 6.18 Å². The summed E-state index contributed by atoms with van der Waals surface area (Å²) in [6.45, 7) is -0.986. The minimum absolute atomic E-state index is 0.0470. The normalized spacial score (nSPS) is 20.1. The number of nitrogen functional groups attached to an aromatic ring is 1. The van der Waals surface area contributed by atoms with Crippen LogP contribution in [0.15, 0.2) is 24.8 Å². The minimum atomic E-state index is -4.45. The molecule has 37 heavy (non-hydrogen) atoms. The minimum Gasteiger partial charge on any atom is -0.382 e. The summed E-state index contributed by atoms with van der Waals surface area (Å²) >= 11 is 0. The highest BCUT2D eigenvalue weighted by Gasteiger charge is 2.43. The largest absolute Gasteiger partial charge is 0.401 e. The lowest BCUT2D eigenvalue weighted by Crippen LogP contribution is -2.56. The highest BCUT2D eigenvalue weighted by molar-refractivity contribution is 5.88. The van der Waals surface area contributed by atoms with Gasteiger partial charge in [0.05, 0.1) is 19.4 Å². The molecule has 10 nitrogen and oxygen atoms in total. The molecule has 1 aliphatic carbocycles. The van der Waals surface area contributed by atoms with Gasteiger partial charge in [0.15, 0.2) is 11.5 Å². The van der Waals surface area contributed by atoms with E-state index in [0.29, 0.717) is 35.4 Å². The maximum atomic E-state index is 15.1. The van der Waals surface area contributed by atoms with Gasteiger partial charge in [-0.1, -0.05) is 0 Å². The molecule has 5 rings (SSSR count). The molecule has 3 aromatic rings. The van der Waals surface area contributed by atoms with Gasteiger partial charge in [0, 0.05) is 42.5 Å². The van der Waals surface area contributed by atoms with Gasteiger partial charge in [-0.2, -0.15) is 13.2 Å². The van der Waals surface area contributed by atoms with Crippen molar-refractivity contribution in [3.63, 3.8) is 0 Å². The topological polar surface area (TPSA) is 140 Å². The number of rotatable bonds is 8. The third kappa shape index (κ3) is 5.30. The highest BCUT2D eigenvalue weighted by atomic mass is 19.4. The number of halogens is 4. The average Bonchev–Trinajstić information content (AvgIpc) is 3.41. The molecule has 14 heteroatoms. The summed E-state index contributed by atoms with van der Waals surface area (Å²) in [6.07, 6.45) is 0.519. The first-order valence-corrected chi connectivity index (χ1v) is 11.9. The second-order valence-corrected chi connectivity index (χ2v) is 9.62. The van der Waals surface area contributed by atoms with E-state index in [2.05, 4.69) is 25.6 Å². The van der Waals surface area contributed by atoms with E-state index in [9.17, 15) is 18.0 Å². The number of amides is 1. The summed E-state index contributed by atoms with van der Waals surface area (Å²) in [4.78, 5) is 27.0. The number of benzene rings is 1. The monoisotopic (exact) mass is 521 g/mol. The lowest BCUT2D eigenvalue weighted by molar-refractivity contribution is -0.126. The van der Waals surface area contributed by atoms with Crippen molar-refractivity contribution in [1.29, 1.82) is 0 Å². The van der Waals surface area contributed by atoms with Crippen molar-refractivity contribution < 1.29 is 22.4 Å². The van der Waals surface area contributed by atoms with Crippen LogP contribution in [0.3, 0.4) is 0 Å². The Hall–Kier alpha value is -3.52. The standard InChI is InChI=1S/C23H27F4N9O/c24-16-3-4-17(35-6-5-22(29,10-35)21(37)34-13-1-2-13)15(14(16)7-30-9-23(25,26)27)8-36-12-33-18-19(28)31-11-32-20(18)36/h3-4,11-13,30H,1-2,5-10,29H2,(H,34,37)(H2,28,31,32)/t22-/m1/s1. The fourth-order valence-corrected chi connectivity index (χ4v) is 4.61. The number of hydrogen-bond donors (Lipinski definition) is 4. The molecule has 0 radical (unpaired) electrons. The molecule has 6 N–H and O–H groups in total. The van der Waals surface area contributed by atoms with Crippen LogP contribution in [0.25, 0.3) is 11.2 Å². The number of nitrogens with one attached hydrogen (secondary N) is 2. The van der Waals surface area contributed by atoms with E-state index in [1.54, 1.807) is 10.6 Å². The van der Waals surface area contributed by atoms with Crippen molar-refractivity contribution in [1.82, 2.24) is 30.2 Å². The van der Waals surface area contributed by atoms with Crippen molar-refractivity contribution in [2.45, 2.75) is 50.1 Å². The number of carbonyl (C=O) groups is 1. The third-order valence-corrected chi connectivity index (χ3v) is 6.74. The second-order valence-electron chi connectivity index (χ2n) is 9.62. The first-order valence-electron chi connectivity index (χ1n) is 11.9. The predicted octanol–water partition coefficient (Wildman–Crippen LogP) is 1.43. The van der Waals surface area contributed by atoms with Crippen LogP contribution >= 0.6 is 0 Å². The third-order valence-electron chi connectivity index (χ3n) is 6.74. The fraction of sp³-hybridized carbons (Fsp3) is 0.478. The van der Waals surface area contributed by atoms with E-state index in [1.165, 1.54) is 18.7 Å². The maximum Gasteiger partial charge on any atom is 0.401 e. The van der Waals surface area contributed by atoms with Crippen LogP contribution < -0.4 is 27.0 Å². The number of hydrogen-bond acceptors (Lipinski definition) is 8. The molecular weight excluding hydrogens is 494 g/mol. The van der Waals surface area contributed by atoms with Crippen molar-refractivity contribution in [3.8, 4) is 0 Å². The molecule has 2 aliphatic rings. The van der Waals surface area contributed by atoms with Gasteiger partial charge in [0.25, 0.3) is 0 Å². The van der Waals surface area contributed by atoms with E-state index in [1.807, 2.05) is 4.90 Å². The first-order chi connectivity index (χ1) is 17.5.